The minimum Gasteiger partial charge on any atom is -0.481 e. The first-order chi connectivity index (χ1) is 8.62. The molecule has 19 heavy (non-hydrogen) atoms. The summed E-state index contributed by atoms with van der Waals surface area (Å²) in [5.74, 6) is -1.87. The number of anilines is 1. The first kappa shape index (κ1) is 15.8. The number of carbonyl (C=O) groups is 1. The van der Waals surface area contributed by atoms with E-state index in [1.165, 1.54) is 26.0 Å². The van der Waals surface area contributed by atoms with Gasteiger partial charge in [0, 0.05) is 16.2 Å². The highest BCUT2D eigenvalue weighted by Gasteiger charge is 2.34. The molecule has 7 heteroatoms. The zero-order valence-corrected chi connectivity index (χ0v) is 11.8. The van der Waals surface area contributed by atoms with Crippen LogP contribution in [0.4, 0.5) is 18.9 Å². The van der Waals surface area contributed by atoms with Crippen molar-refractivity contribution in [2.75, 3.05) is 5.32 Å². The van der Waals surface area contributed by atoms with Gasteiger partial charge in [0.15, 0.2) is 0 Å². The fraction of sp³-hybridized carbons (Fsp3) is 0.417. The van der Waals surface area contributed by atoms with Crippen molar-refractivity contribution in [3.05, 3.63) is 28.2 Å². The Hall–Kier alpha value is -1.24. The number of halogens is 4. The summed E-state index contributed by atoms with van der Waals surface area (Å²) >= 11 is 3.10. The lowest BCUT2D eigenvalue weighted by Gasteiger charge is -2.22. The van der Waals surface area contributed by atoms with Crippen molar-refractivity contribution in [2.45, 2.75) is 26.1 Å². The molecule has 106 valence electrons. The van der Waals surface area contributed by atoms with Crippen LogP contribution in [0, 0.1) is 5.92 Å². The third-order valence-corrected chi connectivity index (χ3v) is 3.30. The molecular weight excluding hydrogens is 327 g/mol. The maximum Gasteiger partial charge on any atom is 0.418 e. The zero-order chi connectivity index (χ0) is 14.8. The monoisotopic (exact) mass is 339 g/mol. The molecule has 2 N–H and O–H groups in total. The summed E-state index contributed by atoms with van der Waals surface area (Å²) in [5.41, 5.74) is -0.956. The van der Waals surface area contributed by atoms with Gasteiger partial charge in [-0.05, 0) is 32.0 Å². The van der Waals surface area contributed by atoms with E-state index in [1.54, 1.807) is 0 Å². The number of alkyl halides is 3. The lowest BCUT2D eigenvalue weighted by atomic mass is 10.0. The van der Waals surface area contributed by atoms with Crippen molar-refractivity contribution in [1.29, 1.82) is 0 Å². The van der Waals surface area contributed by atoms with Gasteiger partial charge < -0.3 is 10.4 Å². The maximum atomic E-state index is 12.8. The fourth-order valence-electron chi connectivity index (χ4n) is 1.47. The molecule has 0 saturated carbocycles. The smallest absolute Gasteiger partial charge is 0.418 e. The van der Waals surface area contributed by atoms with Crippen molar-refractivity contribution in [2.24, 2.45) is 5.92 Å². The van der Waals surface area contributed by atoms with Crippen LogP contribution >= 0.6 is 15.9 Å². The van der Waals surface area contributed by atoms with Crippen molar-refractivity contribution in [3.8, 4) is 0 Å². The van der Waals surface area contributed by atoms with Gasteiger partial charge >= 0.3 is 12.1 Å². The standard InChI is InChI=1S/C12H13BrF3NO2/c1-6(11(18)19)7(2)17-10-5-8(13)3-4-9(10)12(14,15)16/h3-7,17H,1-2H3,(H,18,19). The van der Waals surface area contributed by atoms with Crippen molar-refractivity contribution < 1.29 is 23.1 Å². The Morgan fingerprint density at radius 3 is 2.42 bits per heavy atom. The molecule has 1 aromatic carbocycles. The first-order valence-electron chi connectivity index (χ1n) is 5.49. The van der Waals surface area contributed by atoms with Crippen LogP contribution in [0.2, 0.25) is 0 Å². The van der Waals surface area contributed by atoms with E-state index >= 15 is 0 Å². The second-order valence-corrected chi connectivity index (χ2v) is 5.16. The number of hydrogen-bond donors (Lipinski definition) is 2. The van der Waals surface area contributed by atoms with Gasteiger partial charge in [0.1, 0.15) is 0 Å². The molecule has 1 rings (SSSR count). The van der Waals surface area contributed by atoms with Gasteiger partial charge in [-0.2, -0.15) is 13.2 Å². The van der Waals surface area contributed by atoms with Crippen molar-refractivity contribution in [3.63, 3.8) is 0 Å². The van der Waals surface area contributed by atoms with Crippen LogP contribution in [0.1, 0.15) is 19.4 Å². The lowest BCUT2D eigenvalue weighted by molar-refractivity contribution is -0.141. The third kappa shape index (κ3) is 4.12. The number of hydrogen-bond acceptors (Lipinski definition) is 2. The predicted octanol–water partition coefficient (Wildman–Crippen LogP) is 3.99. The summed E-state index contributed by atoms with van der Waals surface area (Å²) in [5, 5.41) is 11.5. The lowest BCUT2D eigenvalue weighted by Crippen LogP contribution is -2.30. The number of carboxylic acids is 1. The highest BCUT2D eigenvalue weighted by molar-refractivity contribution is 9.10. The quantitative estimate of drug-likeness (QED) is 0.871. The summed E-state index contributed by atoms with van der Waals surface area (Å²) in [7, 11) is 0. The van der Waals surface area contributed by atoms with E-state index in [1.807, 2.05) is 0 Å². The minimum absolute atomic E-state index is 0.137. The maximum absolute atomic E-state index is 12.8. The number of aliphatic carboxylic acids is 1. The van der Waals surface area contributed by atoms with Gasteiger partial charge in [0.25, 0.3) is 0 Å². The largest absolute Gasteiger partial charge is 0.481 e. The van der Waals surface area contributed by atoms with E-state index in [-0.39, 0.29) is 5.69 Å². The summed E-state index contributed by atoms with van der Waals surface area (Å²) in [6.45, 7) is 2.96. The molecule has 0 spiro atoms. The summed E-state index contributed by atoms with van der Waals surface area (Å²) in [6.07, 6.45) is -4.49. The Morgan fingerprint density at radius 2 is 1.95 bits per heavy atom. The Labute approximate surface area is 116 Å². The van der Waals surface area contributed by atoms with E-state index in [4.69, 9.17) is 5.11 Å². The van der Waals surface area contributed by atoms with Crippen LogP contribution in [-0.4, -0.2) is 17.1 Å². The van der Waals surface area contributed by atoms with Crippen LogP contribution < -0.4 is 5.32 Å². The molecule has 0 fully saturated rings. The fourth-order valence-corrected chi connectivity index (χ4v) is 1.83. The third-order valence-electron chi connectivity index (χ3n) is 2.81. The van der Waals surface area contributed by atoms with Crippen molar-refractivity contribution in [1.82, 2.24) is 0 Å². The molecule has 0 bridgehead atoms. The Morgan fingerprint density at radius 1 is 1.37 bits per heavy atom. The molecule has 3 nitrogen and oxygen atoms in total. The number of benzene rings is 1. The molecule has 0 saturated heterocycles. The average molecular weight is 340 g/mol. The summed E-state index contributed by atoms with van der Waals surface area (Å²) < 4.78 is 38.9. The summed E-state index contributed by atoms with van der Waals surface area (Å²) in [4.78, 5) is 10.8. The van der Waals surface area contributed by atoms with Crippen molar-refractivity contribution >= 4 is 27.6 Å². The second kappa shape index (κ2) is 5.81. The molecule has 0 amide bonds. The van der Waals surface area contributed by atoms with Crippen LogP contribution in [-0.2, 0) is 11.0 Å². The average Bonchev–Trinajstić information content (AvgIpc) is 2.26. The first-order valence-corrected chi connectivity index (χ1v) is 6.28. The van der Waals surface area contributed by atoms with E-state index in [0.29, 0.717) is 4.47 Å². The molecule has 0 heterocycles. The van der Waals surface area contributed by atoms with Gasteiger partial charge in [-0.15, -0.1) is 0 Å². The Balaban J connectivity index is 3.06. The molecule has 2 unspecified atom stereocenters. The molecule has 1 aromatic rings. The normalized spacial score (nSPS) is 14.8. The molecule has 0 aliphatic heterocycles. The zero-order valence-electron chi connectivity index (χ0n) is 10.3. The van der Waals surface area contributed by atoms with Crippen LogP contribution in [0.15, 0.2) is 22.7 Å². The van der Waals surface area contributed by atoms with Crippen LogP contribution in [0.25, 0.3) is 0 Å². The highest BCUT2D eigenvalue weighted by Crippen LogP contribution is 2.36. The van der Waals surface area contributed by atoms with E-state index in [9.17, 15) is 18.0 Å². The van der Waals surface area contributed by atoms with E-state index < -0.39 is 29.7 Å². The molecule has 0 aliphatic carbocycles. The number of rotatable bonds is 4. The molecular formula is C12H13BrF3NO2. The minimum atomic E-state index is -4.49. The predicted molar refractivity (Wildman–Crippen MR) is 69.0 cm³/mol. The topological polar surface area (TPSA) is 49.3 Å². The summed E-state index contributed by atoms with van der Waals surface area (Å²) in [6, 6.07) is 2.89. The van der Waals surface area contributed by atoms with Gasteiger partial charge in [0.05, 0.1) is 11.5 Å². The van der Waals surface area contributed by atoms with E-state index in [2.05, 4.69) is 21.2 Å². The number of carboxylic acid groups (broad SMARTS) is 1. The second-order valence-electron chi connectivity index (χ2n) is 4.25. The van der Waals surface area contributed by atoms with Crippen LogP contribution in [0.3, 0.4) is 0 Å². The molecule has 0 radical (unpaired) electrons. The van der Waals surface area contributed by atoms with Gasteiger partial charge in [-0.3, -0.25) is 4.79 Å². The molecule has 2 atom stereocenters. The van der Waals surface area contributed by atoms with Crippen LogP contribution in [0.5, 0.6) is 0 Å². The highest BCUT2D eigenvalue weighted by atomic mass is 79.9. The Bertz CT molecular complexity index is 477. The Kier molecular flexibility index (Phi) is 4.84. The molecule has 0 aliphatic rings. The van der Waals surface area contributed by atoms with Gasteiger partial charge in [-0.25, -0.2) is 0 Å². The van der Waals surface area contributed by atoms with Gasteiger partial charge in [-0.1, -0.05) is 15.9 Å². The van der Waals surface area contributed by atoms with E-state index in [0.717, 1.165) is 6.07 Å². The SMILES string of the molecule is CC(Nc1cc(Br)ccc1C(F)(F)F)C(C)C(=O)O. The molecule has 0 aromatic heterocycles. The number of nitrogens with one attached hydrogen (secondary N) is 1. The van der Waals surface area contributed by atoms with Gasteiger partial charge in [0.2, 0.25) is 0 Å².